The van der Waals surface area contributed by atoms with E-state index in [-0.39, 0.29) is 0 Å². The van der Waals surface area contributed by atoms with Crippen LogP contribution in [0.1, 0.15) is 18.1 Å². The van der Waals surface area contributed by atoms with E-state index in [4.69, 9.17) is 33.5 Å². The first-order valence-corrected chi connectivity index (χ1v) is 7.83. The number of anilines is 1. The highest BCUT2D eigenvalue weighted by Crippen LogP contribution is 2.27. The highest BCUT2D eigenvalue weighted by atomic mass is 35.5. The monoisotopic (exact) mass is 330 g/mol. The van der Waals surface area contributed by atoms with E-state index in [2.05, 4.69) is 5.32 Å². The Balaban J connectivity index is 2.18. The molecule has 0 aromatic heterocycles. The maximum atomic E-state index is 6.17. The van der Waals surface area contributed by atoms with Gasteiger partial charge in [-0.15, -0.1) is 0 Å². The maximum absolute atomic E-state index is 6.17. The van der Waals surface area contributed by atoms with Gasteiger partial charge in [0.25, 0.3) is 0 Å². The molecule has 1 N–H and O–H groups in total. The molecule has 3 nitrogen and oxygen atoms in total. The van der Waals surface area contributed by atoms with Crippen LogP contribution in [0.5, 0.6) is 0 Å². The van der Waals surface area contributed by atoms with Gasteiger partial charge in [0.15, 0.2) is 6.23 Å². The van der Waals surface area contributed by atoms with Crippen LogP contribution < -0.4 is 5.32 Å². The van der Waals surface area contributed by atoms with Crippen molar-refractivity contribution in [1.29, 1.82) is 0 Å². The number of benzodiazepines with no additional fused rings is 1. The minimum atomic E-state index is -0.499. The third-order valence-electron chi connectivity index (χ3n) is 3.34. The lowest BCUT2D eigenvalue weighted by Crippen LogP contribution is -2.26. The molecule has 0 amide bonds. The van der Waals surface area contributed by atoms with Gasteiger partial charge in [0.05, 0.1) is 5.71 Å². The SMILES string of the molecule is CCOC1N=C(c2ccccc2)c2cc(Cl)ccc2NC1=S. The summed E-state index contributed by atoms with van der Waals surface area (Å²) in [6, 6.07) is 15.6. The zero-order valence-corrected chi connectivity index (χ0v) is 13.6. The second-order valence-corrected chi connectivity index (χ2v) is 5.71. The predicted octanol–water partition coefficient (Wildman–Crippen LogP) is 4.29. The Kier molecular flexibility index (Phi) is 4.52. The summed E-state index contributed by atoms with van der Waals surface area (Å²) in [6.45, 7) is 2.46. The third-order valence-corrected chi connectivity index (χ3v) is 3.88. The van der Waals surface area contributed by atoms with Gasteiger partial charge >= 0.3 is 0 Å². The zero-order valence-electron chi connectivity index (χ0n) is 12.0. The molecule has 2 aromatic carbocycles. The number of halogens is 1. The van der Waals surface area contributed by atoms with Crippen molar-refractivity contribution >= 4 is 40.2 Å². The number of aliphatic imine (C=N–C) groups is 1. The van der Waals surface area contributed by atoms with Crippen LogP contribution in [-0.2, 0) is 4.74 Å². The second-order valence-electron chi connectivity index (χ2n) is 4.83. The summed E-state index contributed by atoms with van der Waals surface area (Å²) in [7, 11) is 0. The Morgan fingerprint density at radius 2 is 2.00 bits per heavy atom. The van der Waals surface area contributed by atoms with E-state index in [1.807, 2.05) is 55.5 Å². The van der Waals surface area contributed by atoms with Crippen LogP contribution in [-0.4, -0.2) is 23.5 Å². The van der Waals surface area contributed by atoms with Crippen LogP contribution in [0, 0.1) is 0 Å². The van der Waals surface area contributed by atoms with E-state index in [1.165, 1.54) is 0 Å². The van der Waals surface area contributed by atoms with Crippen LogP contribution in [0.2, 0.25) is 5.02 Å². The lowest BCUT2D eigenvalue weighted by Gasteiger charge is -2.13. The van der Waals surface area contributed by atoms with Crippen molar-refractivity contribution in [2.75, 3.05) is 11.9 Å². The van der Waals surface area contributed by atoms with Crippen molar-refractivity contribution in [2.45, 2.75) is 13.2 Å². The molecule has 1 atom stereocenters. The van der Waals surface area contributed by atoms with Gasteiger partial charge < -0.3 is 10.1 Å². The third kappa shape index (κ3) is 3.04. The topological polar surface area (TPSA) is 33.6 Å². The number of rotatable bonds is 3. The van der Waals surface area contributed by atoms with Crippen molar-refractivity contribution in [3.63, 3.8) is 0 Å². The number of ether oxygens (including phenoxy) is 1. The second kappa shape index (κ2) is 6.57. The first-order valence-electron chi connectivity index (χ1n) is 7.04. The van der Waals surface area contributed by atoms with E-state index in [1.54, 1.807) is 0 Å². The Labute approximate surface area is 140 Å². The average molecular weight is 331 g/mol. The molecule has 0 radical (unpaired) electrons. The Hall–Kier alpha value is -1.75. The van der Waals surface area contributed by atoms with Gasteiger partial charge in [0.1, 0.15) is 4.99 Å². The molecule has 0 saturated carbocycles. The summed E-state index contributed by atoms with van der Waals surface area (Å²) >= 11 is 11.6. The minimum Gasteiger partial charge on any atom is -0.350 e. The lowest BCUT2D eigenvalue weighted by atomic mass is 10.0. The smallest absolute Gasteiger partial charge is 0.199 e. The molecule has 3 rings (SSSR count). The number of thiocarbonyl (C=S) groups is 1. The van der Waals surface area contributed by atoms with Crippen LogP contribution >= 0.6 is 23.8 Å². The van der Waals surface area contributed by atoms with Crippen molar-refractivity contribution in [3.05, 3.63) is 64.7 Å². The summed E-state index contributed by atoms with van der Waals surface area (Å²) in [4.78, 5) is 5.28. The van der Waals surface area contributed by atoms with E-state index < -0.39 is 6.23 Å². The van der Waals surface area contributed by atoms with Gasteiger partial charge in [-0.1, -0.05) is 54.2 Å². The van der Waals surface area contributed by atoms with Gasteiger partial charge in [0, 0.05) is 28.4 Å². The summed E-state index contributed by atoms with van der Waals surface area (Å²) < 4.78 is 5.66. The van der Waals surface area contributed by atoms with E-state index in [0.717, 1.165) is 22.5 Å². The lowest BCUT2D eigenvalue weighted by molar-refractivity contribution is 0.118. The highest BCUT2D eigenvalue weighted by Gasteiger charge is 2.23. The van der Waals surface area contributed by atoms with E-state index in [0.29, 0.717) is 16.6 Å². The van der Waals surface area contributed by atoms with Gasteiger partial charge in [-0.3, -0.25) is 0 Å². The molecule has 5 heteroatoms. The van der Waals surface area contributed by atoms with Crippen molar-refractivity contribution in [2.24, 2.45) is 4.99 Å². The number of benzene rings is 2. The molecule has 0 spiro atoms. The molecule has 22 heavy (non-hydrogen) atoms. The molecule has 2 aromatic rings. The quantitative estimate of drug-likeness (QED) is 0.852. The molecular weight excluding hydrogens is 316 g/mol. The molecule has 1 heterocycles. The Bertz CT molecular complexity index is 731. The fourth-order valence-electron chi connectivity index (χ4n) is 2.36. The largest absolute Gasteiger partial charge is 0.350 e. The summed E-state index contributed by atoms with van der Waals surface area (Å²) in [5.41, 5.74) is 3.63. The number of fused-ring (bicyclic) bond motifs is 1. The van der Waals surface area contributed by atoms with E-state index in [9.17, 15) is 0 Å². The summed E-state index contributed by atoms with van der Waals surface area (Å²) in [5.74, 6) is 0. The molecule has 1 aliphatic heterocycles. The first kappa shape index (κ1) is 15.2. The van der Waals surface area contributed by atoms with Gasteiger partial charge in [-0.05, 0) is 25.1 Å². The number of hydrogen-bond donors (Lipinski definition) is 1. The summed E-state index contributed by atoms with van der Waals surface area (Å²) in [5, 5.41) is 3.87. The van der Waals surface area contributed by atoms with Gasteiger partial charge in [0.2, 0.25) is 0 Å². The number of hydrogen-bond acceptors (Lipinski definition) is 3. The Morgan fingerprint density at radius 3 is 2.73 bits per heavy atom. The summed E-state index contributed by atoms with van der Waals surface area (Å²) in [6.07, 6.45) is -0.499. The zero-order chi connectivity index (χ0) is 15.5. The minimum absolute atomic E-state index is 0.499. The van der Waals surface area contributed by atoms with Crippen molar-refractivity contribution in [3.8, 4) is 0 Å². The Morgan fingerprint density at radius 1 is 1.23 bits per heavy atom. The van der Waals surface area contributed by atoms with Crippen LogP contribution in [0.4, 0.5) is 5.69 Å². The van der Waals surface area contributed by atoms with Gasteiger partial charge in [-0.25, -0.2) is 4.99 Å². The van der Waals surface area contributed by atoms with Crippen LogP contribution in [0.15, 0.2) is 53.5 Å². The first-order chi connectivity index (χ1) is 10.7. The molecule has 0 fully saturated rings. The fraction of sp³-hybridized carbons (Fsp3) is 0.176. The number of nitrogens with one attached hydrogen (secondary N) is 1. The van der Waals surface area contributed by atoms with Crippen molar-refractivity contribution < 1.29 is 4.74 Å². The van der Waals surface area contributed by atoms with Crippen LogP contribution in [0.25, 0.3) is 0 Å². The maximum Gasteiger partial charge on any atom is 0.199 e. The molecule has 1 aliphatic rings. The van der Waals surface area contributed by atoms with Crippen molar-refractivity contribution in [1.82, 2.24) is 0 Å². The fourth-order valence-corrected chi connectivity index (χ4v) is 2.76. The number of nitrogens with zero attached hydrogens (tertiary/aromatic N) is 1. The predicted molar refractivity (Wildman–Crippen MR) is 95.2 cm³/mol. The standard InChI is InChI=1S/C17H15ClN2OS/c1-2-21-16-17(22)19-14-9-8-12(18)10-13(14)15(20-16)11-6-4-3-5-7-11/h3-10,16H,2H2,1H3,(H,19,22). The van der Waals surface area contributed by atoms with Gasteiger partial charge in [-0.2, -0.15) is 0 Å². The van der Waals surface area contributed by atoms with E-state index >= 15 is 0 Å². The molecule has 0 saturated heterocycles. The molecule has 1 unspecified atom stereocenters. The molecular formula is C17H15ClN2OS. The highest BCUT2D eigenvalue weighted by molar-refractivity contribution is 7.80. The molecule has 112 valence electrons. The molecule has 0 bridgehead atoms. The average Bonchev–Trinajstić information content (AvgIpc) is 2.66. The molecule has 0 aliphatic carbocycles. The van der Waals surface area contributed by atoms with Crippen LogP contribution in [0.3, 0.4) is 0 Å². The normalized spacial score (nSPS) is 17.3.